The van der Waals surface area contributed by atoms with Gasteiger partial charge in [0.2, 0.25) is 0 Å². The van der Waals surface area contributed by atoms with Gasteiger partial charge in [-0.15, -0.1) is 0 Å². The zero-order valence-corrected chi connectivity index (χ0v) is 15.4. The minimum atomic E-state index is -0.166. The molecule has 0 saturated heterocycles. The molecule has 3 rings (SSSR count). The van der Waals surface area contributed by atoms with E-state index < -0.39 is 0 Å². The number of benzene rings is 1. The number of carbonyl (C=O) groups is 1. The van der Waals surface area contributed by atoms with Gasteiger partial charge in [0.15, 0.2) is 0 Å². The standard InChI is InChI=1S/C18H15BrN2O2S/c1-23-14-4-5-16(19)15(9-14)18(22)21-10-12-3-2-7-20-17(12)13-6-8-24-11-13/h2-9,11H,10H2,1H3,(H,21,22). The molecule has 24 heavy (non-hydrogen) atoms. The van der Waals surface area contributed by atoms with Crippen LogP contribution in [0.1, 0.15) is 15.9 Å². The molecule has 0 saturated carbocycles. The summed E-state index contributed by atoms with van der Waals surface area (Å²) in [5.41, 5.74) is 3.47. The predicted octanol–water partition coefficient (Wildman–Crippen LogP) is 4.51. The summed E-state index contributed by atoms with van der Waals surface area (Å²) >= 11 is 5.03. The highest BCUT2D eigenvalue weighted by atomic mass is 79.9. The molecule has 0 fully saturated rings. The number of amides is 1. The van der Waals surface area contributed by atoms with E-state index in [0.29, 0.717) is 17.9 Å². The van der Waals surface area contributed by atoms with Crippen molar-refractivity contribution in [2.45, 2.75) is 6.54 Å². The number of ether oxygens (including phenoxy) is 1. The maximum absolute atomic E-state index is 12.5. The van der Waals surface area contributed by atoms with Crippen molar-refractivity contribution in [3.8, 4) is 17.0 Å². The summed E-state index contributed by atoms with van der Waals surface area (Å²) in [4.78, 5) is 16.9. The number of hydrogen-bond acceptors (Lipinski definition) is 4. The minimum Gasteiger partial charge on any atom is -0.497 e. The van der Waals surface area contributed by atoms with Gasteiger partial charge >= 0.3 is 0 Å². The van der Waals surface area contributed by atoms with Crippen molar-refractivity contribution >= 4 is 33.2 Å². The second-order valence-corrected chi connectivity index (χ2v) is 6.69. The Hall–Kier alpha value is -2.18. The van der Waals surface area contributed by atoms with Crippen LogP contribution in [0.15, 0.2) is 57.8 Å². The molecule has 1 aromatic carbocycles. The number of aromatic nitrogens is 1. The van der Waals surface area contributed by atoms with Crippen LogP contribution in [0, 0.1) is 0 Å². The highest BCUT2D eigenvalue weighted by molar-refractivity contribution is 9.10. The van der Waals surface area contributed by atoms with Gasteiger partial charge < -0.3 is 10.1 Å². The first-order valence-corrected chi connectivity index (χ1v) is 9.01. The minimum absolute atomic E-state index is 0.166. The van der Waals surface area contributed by atoms with Crippen LogP contribution >= 0.6 is 27.3 Å². The Morgan fingerprint density at radius 1 is 1.33 bits per heavy atom. The van der Waals surface area contributed by atoms with Crippen molar-refractivity contribution in [3.05, 3.63) is 69.0 Å². The molecule has 0 aliphatic rings. The average Bonchev–Trinajstić information content (AvgIpc) is 3.15. The van der Waals surface area contributed by atoms with Crippen LogP contribution in [0.25, 0.3) is 11.3 Å². The monoisotopic (exact) mass is 402 g/mol. The number of nitrogens with one attached hydrogen (secondary N) is 1. The van der Waals surface area contributed by atoms with Crippen LogP contribution in [0.4, 0.5) is 0 Å². The first-order valence-electron chi connectivity index (χ1n) is 7.27. The fourth-order valence-corrected chi connectivity index (χ4v) is 3.38. The van der Waals surface area contributed by atoms with Gasteiger partial charge in [0, 0.05) is 28.2 Å². The van der Waals surface area contributed by atoms with Gasteiger partial charge in [0.25, 0.3) is 5.91 Å². The Morgan fingerprint density at radius 2 is 2.21 bits per heavy atom. The summed E-state index contributed by atoms with van der Waals surface area (Å²) in [7, 11) is 1.58. The number of hydrogen-bond donors (Lipinski definition) is 1. The smallest absolute Gasteiger partial charge is 0.252 e. The van der Waals surface area contributed by atoms with E-state index >= 15 is 0 Å². The van der Waals surface area contributed by atoms with Crippen LogP contribution in [0.3, 0.4) is 0 Å². The molecule has 3 aromatic rings. The van der Waals surface area contributed by atoms with E-state index in [9.17, 15) is 4.79 Å². The molecule has 6 heteroatoms. The molecule has 0 atom stereocenters. The quantitative estimate of drug-likeness (QED) is 0.682. The van der Waals surface area contributed by atoms with Gasteiger partial charge in [-0.05, 0) is 57.2 Å². The SMILES string of the molecule is COc1ccc(Br)c(C(=O)NCc2cccnc2-c2ccsc2)c1. The Balaban J connectivity index is 1.78. The van der Waals surface area contributed by atoms with Crippen molar-refractivity contribution in [1.29, 1.82) is 0 Å². The van der Waals surface area contributed by atoms with Crippen LogP contribution in [-0.4, -0.2) is 18.0 Å². The Kier molecular flexibility index (Phi) is 5.27. The third kappa shape index (κ3) is 3.66. The summed E-state index contributed by atoms with van der Waals surface area (Å²) in [5, 5.41) is 7.01. The maximum atomic E-state index is 12.5. The van der Waals surface area contributed by atoms with Crippen molar-refractivity contribution in [3.63, 3.8) is 0 Å². The molecule has 0 aliphatic carbocycles. The Bertz CT molecular complexity index is 850. The van der Waals surface area contributed by atoms with Crippen molar-refractivity contribution in [1.82, 2.24) is 10.3 Å². The predicted molar refractivity (Wildman–Crippen MR) is 99.4 cm³/mol. The molecule has 4 nitrogen and oxygen atoms in total. The van der Waals surface area contributed by atoms with Crippen LogP contribution in [0.2, 0.25) is 0 Å². The van der Waals surface area contributed by atoms with E-state index in [1.54, 1.807) is 42.8 Å². The van der Waals surface area contributed by atoms with Gasteiger partial charge in [-0.3, -0.25) is 9.78 Å². The van der Waals surface area contributed by atoms with Crippen molar-refractivity contribution in [2.75, 3.05) is 7.11 Å². The molecule has 0 spiro atoms. The van der Waals surface area contributed by atoms with Gasteiger partial charge in [-0.2, -0.15) is 11.3 Å². The lowest BCUT2D eigenvalue weighted by molar-refractivity contribution is 0.0950. The molecule has 0 bridgehead atoms. The number of halogens is 1. The lowest BCUT2D eigenvalue weighted by Gasteiger charge is -2.11. The number of carbonyl (C=O) groups excluding carboxylic acids is 1. The molecule has 0 unspecified atom stereocenters. The zero-order chi connectivity index (χ0) is 16.9. The summed E-state index contributed by atoms with van der Waals surface area (Å²) in [6, 6.07) is 11.2. The van der Waals surface area contributed by atoms with E-state index in [1.165, 1.54) is 0 Å². The van der Waals surface area contributed by atoms with Crippen LogP contribution in [-0.2, 0) is 6.54 Å². The average molecular weight is 403 g/mol. The topological polar surface area (TPSA) is 51.2 Å². The van der Waals surface area contributed by atoms with Gasteiger partial charge in [-0.1, -0.05) is 6.07 Å². The fourth-order valence-electron chi connectivity index (χ4n) is 2.32. The van der Waals surface area contributed by atoms with Gasteiger partial charge in [-0.25, -0.2) is 0 Å². The third-order valence-electron chi connectivity index (χ3n) is 3.54. The lowest BCUT2D eigenvalue weighted by atomic mass is 10.1. The third-order valence-corrected chi connectivity index (χ3v) is 4.92. The molecule has 2 heterocycles. The second kappa shape index (κ2) is 7.59. The number of methoxy groups -OCH3 is 1. The molecular weight excluding hydrogens is 388 g/mol. The highest BCUT2D eigenvalue weighted by Crippen LogP contribution is 2.25. The van der Waals surface area contributed by atoms with Crippen LogP contribution in [0.5, 0.6) is 5.75 Å². The second-order valence-electron chi connectivity index (χ2n) is 5.05. The summed E-state index contributed by atoms with van der Waals surface area (Å²) in [5.74, 6) is 0.476. The van der Waals surface area contributed by atoms with Gasteiger partial charge in [0.05, 0.1) is 18.4 Å². The molecule has 2 aromatic heterocycles. The number of nitrogens with zero attached hydrogens (tertiary/aromatic N) is 1. The normalized spacial score (nSPS) is 10.4. The first kappa shape index (κ1) is 16.7. The Morgan fingerprint density at radius 3 is 2.96 bits per heavy atom. The van der Waals surface area contributed by atoms with Crippen LogP contribution < -0.4 is 10.1 Å². The largest absolute Gasteiger partial charge is 0.497 e. The first-order chi connectivity index (χ1) is 11.7. The summed E-state index contributed by atoms with van der Waals surface area (Å²) < 4.78 is 5.91. The van der Waals surface area contributed by atoms with E-state index in [1.807, 2.05) is 29.0 Å². The summed E-state index contributed by atoms with van der Waals surface area (Å²) in [6.07, 6.45) is 1.76. The molecule has 1 amide bonds. The molecule has 1 N–H and O–H groups in total. The summed E-state index contributed by atoms with van der Waals surface area (Å²) in [6.45, 7) is 0.404. The van der Waals surface area contributed by atoms with Gasteiger partial charge in [0.1, 0.15) is 5.75 Å². The number of pyridine rings is 1. The molecule has 0 aliphatic heterocycles. The van der Waals surface area contributed by atoms with E-state index in [2.05, 4.69) is 26.2 Å². The number of rotatable bonds is 5. The maximum Gasteiger partial charge on any atom is 0.252 e. The van der Waals surface area contributed by atoms with E-state index in [0.717, 1.165) is 21.3 Å². The number of thiophene rings is 1. The highest BCUT2D eigenvalue weighted by Gasteiger charge is 2.13. The molecule has 122 valence electrons. The molecule has 0 radical (unpaired) electrons. The van der Waals surface area contributed by atoms with Crippen molar-refractivity contribution in [2.24, 2.45) is 0 Å². The fraction of sp³-hybridized carbons (Fsp3) is 0.111. The lowest BCUT2D eigenvalue weighted by Crippen LogP contribution is -2.23. The van der Waals surface area contributed by atoms with E-state index in [4.69, 9.17) is 4.74 Å². The van der Waals surface area contributed by atoms with E-state index in [-0.39, 0.29) is 5.91 Å². The zero-order valence-electron chi connectivity index (χ0n) is 13.0. The molecular formula is C18H15BrN2O2S. The van der Waals surface area contributed by atoms with Crippen molar-refractivity contribution < 1.29 is 9.53 Å². The Labute approximate surface area is 152 Å².